The summed E-state index contributed by atoms with van der Waals surface area (Å²) in [5, 5.41) is 8.21. The lowest BCUT2D eigenvalue weighted by Gasteiger charge is -2.38. The molecule has 0 unspecified atom stereocenters. The van der Waals surface area contributed by atoms with E-state index in [1.807, 2.05) is 12.1 Å². The van der Waals surface area contributed by atoms with Crippen LogP contribution in [0.15, 0.2) is 78.9 Å². The van der Waals surface area contributed by atoms with Crippen LogP contribution in [0, 0.1) is 0 Å². The summed E-state index contributed by atoms with van der Waals surface area (Å²) in [5.74, 6) is 2.33. The highest BCUT2D eigenvalue weighted by atomic mass is 35.5. The van der Waals surface area contributed by atoms with E-state index >= 15 is 0 Å². The number of anilines is 3. The molecule has 1 aromatic heterocycles. The highest BCUT2D eigenvalue weighted by Gasteiger charge is 2.34. The summed E-state index contributed by atoms with van der Waals surface area (Å²) < 4.78 is 0. The Labute approximate surface area is 258 Å². The minimum absolute atomic E-state index is 0.0328. The maximum Gasteiger partial charge on any atom is 0.232 e. The van der Waals surface area contributed by atoms with Crippen LogP contribution in [0.1, 0.15) is 59.9 Å². The first-order valence-electron chi connectivity index (χ1n) is 14.9. The molecule has 3 aromatic carbocycles. The normalized spacial score (nSPS) is 17.1. The number of nitrogens with zero attached hydrogens (tertiary/aromatic N) is 4. The average molecular weight is 595 g/mol. The van der Waals surface area contributed by atoms with E-state index in [1.54, 1.807) is 0 Å². The molecule has 0 spiro atoms. The predicted octanol–water partition coefficient (Wildman–Crippen LogP) is 7.36. The molecule has 1 aliphatic carbocycles. The summed E-state index contributed by atoms with van der Waals surface area (Å²) in [6.07, 6.45) is 5.98. The van der Waals surface area contributed by atoms with Gasteiger partial charge >= 0.3 is 0 Å². The number of nitrogens with one attached hydrogen (secondary N) is 2. The smallest absolute Gasteiger partial charge is 0.232 e. The third-order valence-electron chi connectivity index (χ3n) is 9.11. The van der Waals surface area contributed by atoms with Gasteiger partial charge in [-0.3, -0.25) is 0 Å². The second-order valence-corrected chi connectivity index (χ2v) is 12.7. The van der Waals surface area contributed by atoms with Crippen LogP contribution < -0.4 is 20.4 Å². The van der Waals surface area contributed by atoms with E-state index in [9.17, 15) is 0 Å². The van der Waals surface area contributed by atoms with Gasteiger partial charge in [0, 0.05) is 49.2 Å². The molecule has 0 atom stereocenters. The lowest BCUT2D eigenvalue weighted by atomic mass is 9.69. The molecule has 7 rings (SSSR count). The number of hydrogen-bond acceptors (Lipinski definition) is 5. The van der Waals surface area contributed by atoms with Crippen LogP contribution in [0.5, 0.6) is 0 Å². The molecule has 4 aromatic rings. The molecular weight excluding hydrogens is 560 g/mol. The fourth-order valence-electron chi connectivity index (χ4n) is 6.79. The molecule has 0 radical (unpaired) electrons. The minimum atomic E-state index is 0.0328. The summed E-state index contributed by atoms with van der Waals surface area (Å²) in [6.45, 7) is 4.09. The van der Waals surface area contributed by atoms with Crippen LogP contribution >= 0.6 is 23.8 Å². The zero-order valence-electron chi connectivity index (χ0n) is 23.7. The van der Waals surface area contributed by atoms with Crippen molar-refractivity contribution in [1.82, 2.24) is 15.3 Å². The van der Waals surface area contributed by atoms with Crippen molar-refractivity contribution in [3.63, 3.8) is 0 Å². The largest absolute Gasteiger partial charge is 0.361 e. The standard InChI is InChI=1S/C34H35ClN6S/c35-29-14-12-28(13-15-29)34(16-6-1-7-17-34)23-36-33(42)39-32-37-30(40-19-24-8-2-3-9-25(24)20-40)18-31(38-32)41-21-26-10-4-5-11-27(26)22-41/h2-5,8-15,18H,1,6-7,16-17,19-23H2,(H2,36,37,38,39,42). The van der Waals surface area contributed by atoms with Gasteiger partial charge in [0.25, 0.3) is 0 Å². The first kappa shape index (κ1) is 27.2. The highest BCUT2D eigenvalue weighted by Crippen LogP contribution is 2.39. The quantitative estimate of drug-likeness (QED) is 0.226. The molecule has 2 N–H and O–H groups in total. The Morgan fingerprint density at radius 1 is 0.738 bits per heavy atom. The minimum Gasteiger partial charge on any atom is -0.361 e. The van der Waals surface area contributed by atoms with Crippen molar-refractivity contribution in [3.8, 4) is 0 Å². The van der Waals surface area contributed by atoms with Crippen molar-refractivity contribution >= 4 is 46.5 Å². The van der Waals surface area contributed by atoms with Gasteiger partial charge in [0.1, 0.15) is 11.6 Å². The third-order valence-corrected chi connectivity index (χ3v) is 9.61. The molecule has 214 valence electrons. The lowest BCUT2D eigenvalue weighted by Crippen LogP contribution is -2.43. The van der Waals surface area contributed by atoms with Gasteiger partial charge in [-0.2, -0.15) is 9.97 Å². The van der Waals surface area contributed by atoms with E-state index in [-0.39, 0.29) is 5.41 Å². The molecule has 1 fully saturated rings. The summed E-state index contributed by atoms with van der Waals surface area (Å²) in [7, 11) is 0. The molecule has 2 aliphatic heterocycles. The van der Waals surface area contributed by atoms with E-state index in [4.69, 9.17) is 33.8 Å². The van der Waals surface area contributed by atoms with Crippen molar-refractivity contribution in [2.45, 2.75) is 63.7 Å². The van der Waals surface area contributed by atoms with Gasteiger partial charge in [0.05, 0.1) is 0 Å². The summed E-state index contributed by atoms with van der Waals surface area (Å²) in [5.41, 5.74) is 6.74. The summed E-state index contributed by atoms with van der Waals surface area (Å²) >= 11 is 12.1. The SMILES string of the molecule is S=C(NCC1(c2ccc(Cl)cc2)CCCCC1)Nc1nc(N2Cc3ccccc3C2)cc(N2Cc3ccccc3C2)n1. The number of rotatable bonds is 6. The van der Waals surface area contributed by atoms with Gasteiger partial charge in [-0.05, 0) is 65.0 Å². The maximum absolute atomic E-state index is 6.22. The molecule has 42 heavy (non-hydrogen) atoms. The van der Waals surface area contributed by atoms with Crippen molar-refractivity contribution in [2.75, 3.05) is 21.7 Å². The molecule has 3 heterocycles. The van der Waals surface area contributed by atoms with Crippen LogP contribution in [0.4, 0.5) is 17.6 Å². The topological polar surface area (TPSA) is 56.3 Å². The third kappa shape index (κ3) is 5.55. The highest BCUT2D eigenvalue weighted by molar-refractivity contribution is 7.80. The predicted molar refractivity (Wildman–Crippen MR) is 175 cm³/mol. The molecule has 0 amide bonds. The molecule has 6 nitrogen and oxygen atoms in total. The van der Waals surface area contributed by atoms with Crippen LogP contribution in [0.3, 0.4) is 0 Å². The van der Waals surface area contributed by atoms with Gasteiger partial charge in [-0.1, -0.05) is 91.5 Å². The fourth-order valence-corrected chi connectivity index (χ4v) is 7.08. The molecular formula is C34H35ClN6S. The Morgan fingerprint density at radius 3 is 1.74 bits per heavy atom. The van der Waals surface area contributed by atoms with Crippen LogP contribution in [0.25, 0.3) is 0 Å². The molecule has 8 heteroatoms. The number of thiocarbonyl (C=S) groups is 1. The van der Waals surface area contributed by atoms with Crippen molar-refractivity contribution in [1.29, 1.82) is 0 Å². The number of halogens is 1. The number of hydrogen-bond donors (Lipinski definition) is 2. The van der Waals surface area contributed by atoms with Crippen molar-refractivity contribution in [2.24, 2.45) is 0 Å². The van der Waals surface area contributed by atoms with E-state index in [1.165, 1.54) is 47.1 Å². The van der Waals surface area contributed by atoms with Crippen molar-refractivity contribution < 1.29 is 0 Å². The number of fused-ring (bicyclic) bond motifs is 2. The second-order valence-electron chi connectivity index (χ2n) is 11.8. The van der Waals surface area contributed by atoms with E-state index in [0.717, 1.165) is 62.2 Å². The van der Waals surface area contributed by atoms with Gasteiger partial charge in [0.15, 0.2) is 5.11 Å². The van der Waals surface area contributed by atoms with E-state index < -0.39 is 0 Å². The van der Waals surface area contributed by atoms with Gasteiger partial charge < -0.3 is 20.4 Å². The fraction of sp³-hybridized carbons (Fsp3) is 0.324. The monoisotopic (exact) mass is 594 g/mol. The van der Waals surface area contributed by atoms with Crippen LogP contribution in [0.2, 0.25) is 5.02 Å². The Kier molecular flexibility index (Phi) is 7.46. The average Bonchev–Trinajstić information content (AvgIpc) is 3.66. The number of benzene rings is 3. The Balaban J connectivity index is 1.12. The molecule has 3 aliphatic rings. The summed E-state index contributed by atoms with van der Waals surface area (Å²) in [6, 6.07) is 27.7. The first-order valence-corrected chi connectivity index (χ1v) is 15.7. The van der Waals surface area contributed by atoms with Gasteiger partial charge in [-0.15, -0.1) is 0 Å². The zero-order valence-corrected chi connectivity index (χ0v) is 25.2. The van der Waals surface area contributed by atoms with E-state index in [0.29, 0.717) is 11.1 Å². The second kappa shape index (κ2) is 11.5. The maximum atomic E-state index is 6.22. The van der Waals surface area contributed by atoms with Gasteiger partial charge in [0.2, 0.25) is 5.95 Å². The van der Waals surface area contributed by atoms with Crippen molar-refractivity contribution in [3.05, 3.63) is 112 Å². The molecule has 0 saturated heterocycles. The van der Waals surface area contributed by atoms with Crippen LogP contribution in [-0.4, -0.2) is 21.6 Å². The Hall–Kier alpha value is -3.68. The van der Waals surface area contributed by atoms with E-state index in [2.05, 4.69) is 87.2 Å². The number of aromatic nitrogens is 2. The Morgan fingerprint density at radius 2 is 1.24 bits per heavy atom. The van der Waals surface area contributed by atoms with Crippen LogP contribution in [-0.2, 0) is 31.6 Å². The zero-order chi connectivity index (χ0) is 28.5. The Bertz CT molecular complexity index is 1480. The first-order chi connectivity index (χ1) is 20.5. The van der Waals surface area contributed by atoms with Gasteiger partial charge in [-0.25, -0.2) is 0 Å². The summed E-state index contributed by atoms with van der Waals surface area (Å²) in [4.78, 5) is 14.6. The molecule has 0 bridgehead atoms. The molecule has 1 saturated carbocycles. The lowest BCUT2D eigenvalue weighted by molar-refractivity contribution is 0.292.